The second-order valence-corrected chi connectivity index (χ2v) is 12.0. The quantitative estimate of drug-likeness (QED) is 0.227. The first-order chi connectivity index (χ1) is 18.7. The maximum Gasteiger partial charge on any atom is 0.0361 e. The number of rotatable bonds is 2. The molecule has 0 radical (unpaired) electrons. The lowest BCUT2D eigenvalue weighted by Gasteiger charge is -2.24. The molecule has 4 aliphatic rings. The molecule has 0 N–H and O–H groups in total. The maximum atomic E-state index is 2.62. The Kier molecular flexibility index (Phi) is 4.27. The highest BCUT2D eigenvalue weighted by molar-refractivity contribution is 6.22. The van der Waals surface area contributed by atoms with Gasteiger partial charge < -0.3 is 0 Å². The first-order valence-electron chi connectivity index (χ1n) is 14.4. The van der Waals surface area contributed by atoms with E-state index in [0.717, 1.165) is 0 Å². The molecule has 5 aromatic rings. The van der Waals surface area contributed by atoms with Crippen molar-refractivity contribution in [2.24, 2.45) is 0 Å². The molecule has 4 heterocycles. The van der Waals surface area contributed by atoms with Crippen LogP contribution in [-0.2, 0) is 0 Å². The molecule has 0 spiro atoms. The fourth-order valence-electron chi connectivity index (χ4n) is 8.96. The van der Waals surface area contributed by atoms with Crippen LogP contribution in [0.2, 0.25) is 0 Å². The van der Waals surface area contributed by atoms with E-state index in [1.807, 2.05) is 0 Å². The van der Waals surface area contributed by atoms with Crippen LogP contribution in [0, 0.1) is 0 Å². The average molecular weight is 493 g/mol. The van der Waals surface area contributed by atoms with Crippen molar-refractivity contribution in [1.82, 2.24) is 9.80 Å². The molecule has 0 aliphatic carbocycles. The third kappa shape index (κ3) is 2.56. The summed E-state index contributed by atoms with van der Waals surface area (Å²) in [5.41, 5.74) is 12.0. The van der Waals surface area contributed by atoms with E-state index in [9.17, 15) is 0 Å². The SMILES string of the molecule is CN1C2CCC1c1c(-c3c4ccccc4c(-c4cccc5c4C4CCC5N4C)c4ccccc34)cccc12. The van der Waals surface area contributed by atoms with Crippen molar-refractivity contribution < 1.29 is 0 Å². The zero-order valence-corrected chi connectivity index (χ0v) is 22.1. The van der Waals surface area contributed by atoms with Gasteiger partial charge in [0, 0.05) is 24.2 Å². The van der Waals surface area contributed by atoms with Crippen LogP contribution in [0.4, 0.5) is 0 Å². The summed E-state index contributed by atoms with van der Waals surface area (Å²) in [5, 5.41) is 5.53. The molecule has 4 bridgehead atoms. The Hall–Kier alpha value is -3.46. The molecule has 5 aromatic carbocycles. The Morgan fingerprint density at radius 1 is 0.447 bits per heavy atom. The summed E-state index contributed by atoms with van der Waals surface area (Å²) in [4.78, 5) is 5.23. The lowest BCUT2D eigenvalue weighted by Crippen LogP contribution is -2.12. The molecule has 2 fully saturated rings. The predicted octanol–water partition coefficient (Wildman–Crippen LogP) is 8.97. The topological polar surface area (TPSA) is 6.48 Å². The van der Waals surface area contributed by atoms with Gasteiger partial charge in [-0.25, -0.2) is 0 Å². The minimum atomic E-state index is 0.534. The van der Waals surface area contributed by atoms with Crippen molar-refractivity contribution in [3.05, 3.63) is 107 Å². The molecule has 4 atom stereocenters. The molecule has 2 heteroatoms. The maximum absolute atomic E-state index is 2.62. The minimum absolute atomic E-state index is 0.534. The summed E-state index contributed by atoms with van der Waals surface area (Å²) < 4.78 is 0. The zero-order valence-electron chi connectivity index (χ0n) is 22.1. The lowest BCUT2D eigenvalue weighted by atomic mass is 9.79. The predicted molar refractivity (Wildman–Crippen MR) is 157 cm³/mol. The van der Waals surface area contributed by atoms with E-state index in [1.165, 1.54) is 69.5 Å². The summed E-state index contributed by atoms with van der Waals surface area (Å²) in [6.07, 6.45) is 5.11. The number of hydrogen-bond donors (Lipinski definition) is 0. The highest BCUT2D eigenvalue weighted by Gasteiger charge is 2.44. The summed E-state index contributed by atoms with van der Waals surface area (Å²) in [6.45, 7) is 0. The number of hydrogen-bond acceptors (Lipinski definition) is 2. The van der Waals surface area contributed by atoms with Crippen LogP contribution in [0.3, 0.4) is 0 Å². The van der Waals surface area contributed by atoms with Crippen molar-refractivity contribution in [3.8, 4) is 22.3 Å². The second kappa shape index (κ2) is 7.56. The minimum Gasteiger partial charge on any atom is -0.292 e. The van der Waals surface area contributed by atoms with Gasteiger partial charge in [-0.05, 0) is 106 Å². The van der Waals surface area contributed by atoms with Gasteiger partial charge in [0.2, 0.25) is 0 Å². The van der Waals surface area contributed by atoms with Gasteiger partial charge in [-0.3, -0.25) is 9.80 Å². The van der Waals surface area contributed by atoms with Crippen LogP contribution >= 0.6 is 0 Å². The van der Waals surface area contributed by atoms with Crippen LogP contribution in [0.15, 0.2) is 84.9 Å². The molecule has 186 valence electrons. The van der Waals surface area contributed by atoms with Gasteiger partial charge in [-0.1, -0.05) is 84.9 Å². The Balaban J connectivity index is 1.40. The van der Waals surface area contributed by atoms with E-state index in [0.29, 0.717) is 24.2 Å². The van der Waals surface area contributed by atoms with E-state index in [4.69, 9.17) is 0 Å². The monoisotopic (exact) mass is 492 g/mol. The van der Waals surface area contributed by atoms with Gasteiger partial charge >= 0.3 is 0 Å². The van der Waals surface area contributed by atoms with Gasteiger partial charge in [0.15, 0.2) is 0 Å². The van der Waals surface area contributed by atoms with Crippen molar-refractivity contribution in [2.45, 2.75) is 49.9 Å². The molecule has 2 saturated heterocycles. The van der Waals surface area contributed by atoms with Crippen LogP contribution in [0.5, 0.6) is 0 Å². The van der Waals surface area contributed by atoms with Gasteiger partial charge in [-0.2, -0.15) is 0 Å². The van der Waals surface area contributed by atoms with Gasteiger partial charge in [0.1, 0.15) is 0 Å². The second-order valence-electron chi connectivity index (χ2n) is 12.0. The van der Waals surface area contributed by atoms with E-state index < -0.39 is 0 Å². The summed E-state index contributed by atoms with van der Waals surface area (Å²) >= 11 is 0. The van der Waals surface area contributed by atoms with Gasteiger partial charge in [0.25, 0.3) is 0 Å². The molecule has 0 saturated carbocycles. The fraction of sp³-hybridized carbons (Fsp3) is 0.278. The Morgan fingerprint density at radius 2 is 0.816 bits per heavy atom. The Labute approximate surface area is 224 Å². The van der Waals surface area contributed by atoms with Crippen molar-refractivity contribution >= 4 is 21.5 Å². The van der Waals surface area contributed by atoms with E-state index >= 15 is 0 Å². The third-order valence-corrected chi connectivity index (χ3v) is 10.5. The molecule has 0 amide bonds. The van der Waals surface area contributed by atoms with Crippen LogP contribution < -0.4 is 0 Å². The fourth-order valence-corrected chi connectivity index (χ4v) is 8.96. The average Bonchev–Trinajstić information content (AvgIpc) is 3.68. The largest absolute Gasteiger partial charge is 0.292 e. The van der Waals surface area contributed by atoms with Gasteiger partial charge in [-0.15, -0.1) is 0 Å². The van der Waals surface area contributed by atoms with E-state index in [2.05, 4.69) is 109 Å². The summed E-state index contributed by atoms with van der Waals surface area (Å²) in [5.74, 6) is 0. The van der Waals surface area contributed by atoms with Crippen LogP contribution in [-0.4, -0.2) is 23.9 Å². The van der Waals surface area contributed by atoms with Crippen molar-refractivity contribution in [2.75, 3.05) is 14.1 Å². The lowest BCUT2D eigenvalue weighted by molar-refractivity contribution is 0.280. The summed E-state index contributed by atoms with van der Waals surface area (Å²) in [7, 11) is 4.65. The van der Waals surface area contributed by atoms with Crippen molar-refractivity contribution in [3.63, 3.8) is 0 Å². The number of nitrogens with zero attached hydrogens (tertiary/aromatic N) is 2. The molecule has 2 nitrogen and oxygen atoms in total. The number of fused-ring (bicyclic) bond motifs is 12. The van der Waals surface area contributed by atoms with Crippen LogP contribution in [0.25, 0.3) is 43.8 Å². The first-order valence-corrected chi connectivity index (χ1v) is 14.4. The highest BCUT2D eigenvalue weighted by atomic mass is 15.2. The molecule has 9 rings (SSSR count). The summed E-state index contributed by atoms with van der Waals surface area (Å²) in [6, 6.07) is 34.8. The smallest absolute Gasteiger partial charge is 0.0361 e. The molecule has 4 aliphatic heterocycles. The first kappa shape index (κ1) is 21.5. The molecular weight excluding hydrogens is 460 g/mol. The Bertz CT molecular complexity index is 1610. The molecular formula is C36H32N2. The van der Waals surface area contributed by atoms with E-state index in [-0.39, 0.29) is 0 Å². The van der Waals surface area contributed by atoms with Crippen molar-refractivity contribution in [1.29, 1.82) is 0 Å². The molecule has 4 unspecified atom stereocenters. The zero-order chi connectivity index (χ0) is 25.1. The standard InChI is InChI=1S/C36H32N2/c1-37-29-17-19-31(37)35-25(29)13-7-15-27(35)33-21-9-3-5-11-23(21)34(24-12-6-4-10-22(24)33)28-16-8-14-26-30-18-20-32(36(26)28)38(30)2/h3-16,29-32H,17-20H2,1-2H3. The van der Waals surface area contributed by atoms with E-state index in [1.54, 1.807) is 22.3 Å². The highest BCUT2D eigenvalue weighted by Crippen LogP contribution is 2.58. The molecule has 38 heavy (non-hydrogen) atoms. The number of benzene rings is 5. The Morgan fingerprint density at radius 3 is 1.21 bits per heavy atom. The van der Waals surface area contributed by atoms with Gasteiger partial charge in [0.05, 0.1) is 0 Å². The van der Waals surface area contributed by atoms with Crippen LogP contribution in [0.1, 0.15) is 72.1 Å². The third-order valence-electron chi connectivity index (χ3n) is 10.5. The normalized spacial score (nSPS) is 25.5. The molecule has 0 aromatic heterocycles.